The Hall–Kier alpha value is -3.09. The molecule has 0 fully saturated rings. The van der Waals surface area contributed by atoms with Crippen molar-refractivity contribution in [2.45, 2.75) is 12.8 Å². The monoisotopic (exact) mass is 430 g/mol. The van der Waals surface area contributed by atoms with Crippen molar-refractivity contribution in [3.8, 4) is 0 Å². The Balaban J connectivity index is 1.69. The van der Waals surface area contributed by atoms with Crippen LogP contribution in [-0.2, 0) is 12.8 Å². The van der Waals surface area contributed by atoms with Crippen molar-refractivity contribution >= 4 is 46.2 Å². The van der Waals surface area contributed by atoms with E-state index in [2.05, 4.69) is 5.32 Å². The maximum absolute atomic E-state index is 11.4. The molecule has 8 heteroatoms. The second-order valence-electron chi connectivity index (χ2n) is 6.36. The maximum atomic E-state index is 11.4. The zero-order valence-electron chi connectivity index (χ0n) is 15.1. The first-order chi connectivity index (χ1) is 13.8. The number of halogens is 2. The van der Waals surface area contributed by atoms with E-state index in [-0.39, 0.29) is 16.9 Å². The fraction of sp³-hybridized carbons (Fsp3) is 0.0952. The van der Waals surface area contributed by atoms with Crippen molar-refractivity contribution in [1.82, 2.24) is 0 Å². The Kier molecular flexibility index (Phi) is 6.36. The van der Waals surface area contributed by atoms with Crippen molar-refractivity contribution in [2.24, 2.45) is 0 Å². The summed E-state index contributed by atoms with van der Waals surface area (Å²) >= 11 is 12.0. The second-order valence-corrected chi connectivity index (χ2v) is 7.18. The van der Waals surface area contributed by atoms with E-state index in [0.29, 0.717) is 15.7 Å². The number of nitro groups is 1. The van der Waals surface area contributed by atoms with Crippen LogP contribution in [-0.4, -0.2) is 16.0 Å². The molecule has 0 spiro atoms. The predicted molar refractivity (Wildman–Crippen MR) is 114 cm³/mol. The summed E-state index contributed by atoms with van der Waals surface area (Å²) in [7, 11) is 0. The SMILES string of the molecule is O=C(O)c1cc([N+](=O)[O-])ccc1Nc1ccc(CCc2ccc(Cl)c(Cl)c2)cc1. The van der Waals surface area contributed by atoms with Crippen LogP contribution < -0.4 is 5.32 Å². The number of aromatic carboxylic acids is 1. The second kappa shape index (κ2) is 8.94. The molecule has 0 saturated heterocycles. The molecule has 0 aromatic heterocycles. The maximum Gasteiger partial charge on any atom is 0.338 e. The average Bonchev–Trinajstić information content (AvgIpc) is 2.70. The number of benzene rings is 3. The number of nitrogens with zero attached hydrogens (tertiary/aromatic N) is 1. The number of nitrogens with one attached hydrogen (secondary N) is 1. The highest BCUT2D eigenvalue weighted by Crippen LogP contribution is 2.26. The molecule has 0 heterocycles. The lowest BCUT2D eigenvalue weighted by Crippen LogP contribution is -2.04. The topological polar surface area (TPSA) is 92.5 Å². The fourth-order valence-corrected chi connectivity index (χ4v) is 3.15. The van der Waals surface area contributed by atoms with Gasteiger partial charge in [-0.3, -0.25) is 10.1 Å². The molecule has 148 valence electrons. The molecule has 0 radical (unpaired) electrons. The van der Waals surface area contributed by atoms with Gasteiger partial charge < -0.3 is 10.4 Å². The van der Waals surface area contributed by atoms with E-state index in [1.54, 1.807) is 6.07 Å². The molecule has 0 aliphatic heterocycles. The van der Waals surface area contributed by atoms with Crippen LogP contribution >= 0.6 is 23.2 Å². The van der Waals surface area contributed by atoms with Crippen molar-refractivity contribution in [3.05, 3.63) is 97.5 Å². The Morgan fingerprint density at radius 1 is 0.931 bits per heavy atom. The zero-order chi connectivity index (χ0) is 21.0. The van der Waals surface area contributed by atoms with E-state index in [1.807, 2.05) is 36.4 Å². The third-order valence-corrected chi connectivity index (χ3v) is 5.10. The number of carboxylic acids is 1. The third kappa shape index (κ3) is 5.25. The smallest absolute Gasteiger partial charge is 0.338 e. The first-order valence-electron chi connectivity index (χ1n) is 8.65. The molecule has 0 saturated carbocycles. The van der Waals surface area contributed by atoms with Gasteiger partial charge in [-0.1, -0.05) is 41.4 Å². The summed E-state index contributed by atoms with van der Waals surface area (Å²) < 4.78 is 0. The molecule has 0 aliphatic carbocycles. The van der Waals surface area contributed by atoms with Gasteiger partial charge in [-0.25, -0.2) is 4.79 Å². The van der Waals surface area contributed by atoms with E-state index in [1.165, 1.54) is 12.1 Å². The van der Waals surface area contributed by atoms with Crippen LogP contribution in [0.3, 0.4) is 0 Å². The summed E-state index contributed by atoms with van der Waals surface area (Å²) in [5.74, 6) is -1.24. The van der Waals surface area contributed by atoms with Gasteiger partial charge in [-0.2, -0.15) is 0 Å². The first-order valence-corrected chi connectivity index (χ1v) is 9.40. The number of aryl methyl sites for hydroxylation is 2. The highest BCUT2D eigenvalue weighted by molar-refractivity contribution is 6.42. The molecule has 6 nitrogen and oxygen atoms in total. The van der Waals surface area contributed by atoms with Crippen molar-refractivity contribution in [3.63, 3.8) is 0 Å². The predicted octanol–water partition coefficient (Wildman–Crippen LogP) is 6.13. The molecule has 0 atom stereocenters. The number of non-ortho nitro benzene ring substituents is 1. The molecular weight excluding hydrogens is 415 g/mol. The molecule has 3 rings (SSSR count). The van der Waals surface area contributed by atoms with Crippen LogP contribution in [0.25, 0.3) is 0 Å². The van der Waals surface area contributed by atoms with E-state index >= 15 is 0 Å². The third-order valence-electron chi connectivity index (χ3n) is 4.36. The quantitative estimate of drug-likeness (QED) is 0.347. The summed E-state index contributed by atoms with van der Waals surface area (Å²) in [6, 6.07) is 16.8. The number of hydrogen-bond acceptors (Lipinski definition) is 4. The molecule has 2 N–H and O–H groups in total. The van der Waals surface area contributed by atoms with Gasteiger partial charge in [0.2, 0.25) is 0 Å². The van der Waals surface area contributed by atoms with Gasteiger partial charge in [0.15, 0.2) is 0 Å². The van der Waals surface area contributed by atoms with Gasteiger partial charge in [0.25, 0.3) is 5.69 Å². The molecule has 3 aromatic carbocycles. The van der Waals surface area contributed by atoms with Crippen molar-refractivity contribution in [1.29, 1.82) is 0 Å². The average molecular weight is 431 g/mol. The van der Waals surface area contributed by atoms with Crippen LogP contribution in [0.4, 0.5) is 17.1 Å². The lowest BCUT2D eigenvalue weighted by Gasteiger charge is -2.10. The Morgan fingerprint density at radius 3 is 2.21 bits per heavy atom. The highest BCUT2D eigenvalue weighted by atomic mass is 35.5. The molecule has 0 amide bonds. The minimum absolute atomic E-state index is 0.164. The number of carbonyl (C=O) groups is 1. The molecule has 0 bridgehead atoms. The van der Waals surface area contributed by atoms with E-state index in [9.17, 15) is 20.0 Å². The number of carboxylic acid groups (broad SMARTS) is 1. The minimum Gasteiger partial charge on any atom is -0.478 e. The lowest BCUT2D eigenvalue weighted by molar-refractivity contribution is -0.384. The Morgan fingerprint density at radius 2 is 1.59 bits per heavy atom. The van der Waals surface area contributed by atoms with Crippen LogP contribution in [0, 0.1) is 10.1 Å². The molecule has 29 heavy (non-hydrogen) atoms. The molecular formula is C21H16Cl2N2O4. The van der Waals surface area contributed by atoms with Crippen molar-refractivity contribution < 1.29 is 14.8 Å². The standard InChI is InChI=1S/C21H16Cl2N2O4/c22-18-9-5-14(11-19(18)23)2-1-13-3-6-15(7-4-13)24-20-10-8-16(25(28)29)12-17(20)21(26)27/h3-12,24H,1-2H2,(H,26,27). The first kappa shape index (κ1) is 20.6. The summed E-state index contributed by atoms with van der Waals surface area (Å²) in [4.78, 5) is 21.7. The van der Waals surface area contributed by atoms with Gasteiger partial charge in [-0.15, -0.1) is 0 Å². The summed E-state index contributed by atoms with van der Waals surface area (Å²) in [6.07, 6.45) is 1.60. The Labute approximate surface area is 176 Å². The lowest BCUT2D eigenvalue weighted by atomic mass is 10.0. The highest BCUT2D eigenvalue weighted by Gasteiger charge is 2.16. The normalized spacial score (nSPS) is 10.6. The summed E-state index contributed by atoms with van der Waals surface area (Å²) in [5.41, 5.74) is 2.71. The number of anilines is 2. The van der Waals surface area contributed by atoms with E-state index in [4.69, 9.17) is 23.2 Å². The molecule has 3 aromatic rings. The number of rotatable bonds is 7. The zero-order valence-corrected chi connectivity index (χ0v) is 16.6. The van der Waals surface area contributed by atoms with E-state index in [0.717, 1.165) is 30.0 Å². The van der Waals surface area contributed by atoms with Crippen LogP contribution in [0.5, 0.6) is 0 Å². The van der Waals surface area contributed by atoms with Gasteiger partial charge in [-0.05, 0) is 54.3 Å². The van der Waals surface area contributed by atoms with Crippen LogP contribution in [0.1, 0.15) is 21.5 Å². The van der Waals surface area contributed by atoms with Crippen LogP contribution in [0.15, 0.2) is 60.7 Å². The van der Waals surface area contributed by atoms with Crippen molar-refractivity contribution in [2.75, 3.05) is 5.32 Å². The van der Waals surface area contributed by atoms with Crippen LogP contribution in [0.2, 0.25) is 10.0 Å². The summed E-state index contributed by atoms with van der Waals surface area (Å²) in [6.45, 7) is 0. The van der Waals surface area contributed by atoms with Gasteiger partial charge in [0, 0.05) is 17.8 Å². The van der Waals surface area contributed by atoms with Gasteiger partial charge in [0.05, 0.1) is 26.2 Å². The molecule has 0 aliphatic rings. The minimum atomic E-state index is -1.24. The summed E-state index contributed by atoms with van der Waals surface area (Å²) in [5, 5.41) is 24.2. The molecule has 0 unspecified atom stereocenters. The number of hydrogen-bond donors (Lipinski definition) is 2. The fourth-order valence-electron chi connectivity index (χ4n) is 2.83. The van der Waals surface area contributed by atoms with Gasteiger partial charge in [0.1, 0.15) is 0 Å². The van der Waals surface area contributed by atoms with E-state index < -0.39 is 10.9 Å². The largest absolute Gasteiger partial charge is 0.478 e. The van der Waals surface area contributed by atoms with Gasteiger partial charge >= 0.3 is 5.97 Å². The Bertz CT molecular complexity index is 1070. The number of nitro benzene ring substituents is 1.